The van der Waals surface area contributed by atoms with Crippen LogP contribution in [-0.4, -0.2) is 36.2 Å². The molecule has 0 aliphatic heterocycles. The van der Waals surface area contributed by atoms with Crippen LogP contribution < -0.4 is 16.2 Å². The molecule has 0 saturated carbocycles. The summed E-state index contributed by atoms with van der Waals surface area (Å²) in [5, 5.41) is 9.77. The number of aromatic hydroxyl groups is 1. The van der Waals surface area contributed by atoms with Crippen LogP contribution in [0.15, 0.2) is 18.2 Å². The van der Waals surface area contributed by atoms with Gasteiger partial charge in [-0.3, -0.25) is 9.59 Å². The minimum Gasteiger partial charge on any atom is -0.504 e. The van der Waals surface area contributed by atoms with Crippen LogP contribution in [0.3, 0.4) is 0 Å². The Hall–Kier alpha value is -2.12. The van der Waals surface area contributed by atoms with Gasteiger partial charge in [0, 0.05) is 6.42 Å². The van der Waals surface area contributed by atoms with E-state index in [-0.39, 0.29) is 24.3 Å². The van der Waals surface area contributed by atoms with E-state index in [4.69, 9.17) is 20.9 Å². The van der Waals surface area contributed by atoms with E-state index in [1.54, 1.807) is 6.07 Å². The monoisotopic (exact) mass is 338 g/mol. The Kier molecular flexibility index (Phi) is 8.81. The minimum absolute atomic E-state index is 0.0427. The quantitative estimate of drug-likeness (QED) is 0.333. The Morgan fingerprint density at radius 2 is 2.04 bits per heavy atom. The van der Waals surface area contributed by atoms with Gasteiger partial charge in [0.05, 0.1) is 6.61 Å². The van der Waals surface area contributed by atoms with E-state index in [0.29, 0.717) is 25.1 Å². The number of carbonyl (C=O) groups excluding carboxylic acids is 2. The van der Waals surface area contributed by atoms with Crippen LogP contribution in [0.4, 0.5) is 0 Å². The molecule has 0 aliphatic carbocycles. The third kappa shape index (κ3) is 6.97. The Morgan fingerprint density at radius 3 is 2.71 bits per heavy atom. The Labute approximate surface area is 141 Å². The van der Waals surface area contributed by atoms with Gasteiger partial charge in [0.1, 0.15) is 6.04 Å². The first-order valence-electron chi connectivity index (χ1n) is 8.12. The molecule has 0 unspecified atom stereocenters. The van der Waals surface area contributed by atoms with Crippen molar-refractivity contribution in [1.29, 1.82) is 0 Å². The third-order valence-electron chi connectivity index (χ3n) is 3.33. The molecule has 7 heteroatoms. The zero-order chi connectivity index (χ0) is 17.9. The highest BCUT2D eigenvalue weighted by atomic mass is 16.5. The van der Waals surface area contributed by atoms with Crippen molar-refractivity contribution in [2.45, 2.75) is 45.1 Å². The first-order valence-corrected chi connectivity index (χ1v) is 8.12. The molecule has 1 aromatic rings. The van der Waals surface area contributed by atoms with E-state index >= 15 is 0 Å². The SMILES string of the molecule is CCCCOC(=O)[C@@H](N)Cc1ccc(O)c(OC(=O)CCCN)c1. The smallest absolute Gasteiger partial charge is 0.323 e. The predicted molar refractivity (Wildman–Crippen MR) is 89.6 cm³/mol. The molecule has 1 aromatic carbocycles. The van der Waals surface area contributed by atoms with Crippen molar-refractivity contribution in [2.75, 3.05) is 13.2 Å². The average Bonchev–Trinajstić information content (AvgIpc) is 2.56. The molecule has 1 atom stereocenters. The lowest BCUT2D eigenvalue weighted by Gasteiger charge is -2.13. The largest absolute Gasteiger partial charge is 0.504 e. The first kappa shape index (κ1) is 19.9. The Bertz CT molecular complexity index is 548. The van der Waals surface area contributed by atoms with Crippen molar-refractivity contribution >= 4 is 11.9 Å². The molecule has 0 amide bonds. The fourth-order valence-corrected chi connectivity index (χ4v) is 1.95. The topological polar surface area (TPSA) is 125 Å². The van der Waals surface area contributed by atoms with Gasteiger partial charge in [-0.1, -0.05) is 19.4 Å². The number of rotatable bonds is 10. The summed E-state index contributed by atoms with van der Waals surface area (Å²) in [7, 11) is 0. The standard InChI is InChI=1S/C17H26N2O5/c1-2-3-9-23-17(22)13(19)10-12-6-7-14(20)15(11-12)24-16(21)5-4-8-18/h6-7,11,13,20H,2-5,8-10,18-19H2,1H3/t13-/m0/s1. The number of phenols is 1. The lowest BCUT2D eigenvalue weighted by Crippen LogP contribution is -2.34. The number of carbonyl (C=O) groups is 2. The van der Waals surface area contributed by atoms with Crippen molar-refractivity contribution < 1.29 is 24.2 Å². The first-order chi connectivity index (χ1) is 11.5. The molecule has 1 rings (SSSR count). The highest BCUT2D eigenvalue weighted by Gasteiger charge is 2.17. The second kappa shape index (κ2) is 10.6. The van der Waals surface area contributed by atoms with E-state index in [0.717, 1.165) is 12.8 Å². The summed E-state index contributed by atoms with van der Waals surface area (Å²) in [6.07, 6.45) is 2.62. The molecular weight excluding hydrogens is 312 g/mol. The van der Waals surface area contributed by atoms with E-state index in [2.05, 4.69) is 0 Å². The maximum absolute atomic E-state index is 11.8. The number of ether oxygens (including phenoxy) is 2. The minimum atomic E-state index is -0.813. The summed E-state index contributed by atoms with van der Waals surface area (Å²) in [5.74, 6) is -1.06. The van der Waals surface area contributed by atoms with E-state index in [1.807, 2.05) is 6.92 Å². The number of esters is 2. The summed E-state index contributed by atoms with van der Waals surface area (Å²) in [4.78, 5) is 23.4. The van der Waals surface area contributed by atoms with Gasteiger partial charge in [-0.2, -0.15) is 0 Å². The molecule has 24 heavy (non-hydrogen) atoms. The van der Waals surface area contributed by atoms with Crippen LogP contribution in [-0.2, 0) is 20.7 Å². The molecule has 0 bridgehead atoms. The predicted octanol–water partition coefficient (Wildman–Crippen LogP) is 1.25. The van der Waals surface area contributed by atoms with Gasteiger partial charge in [0.25, 0.3) is 0 Å². The van der Waals surface area contributed by atoms with Crippen LogP contribution in [0, 0.1) is 0 Å². The maximum Gasteiger partial charge on any atom is 0.323 e. The van der Waals surface area contributed by atoms with Crippen LogP contribution in [0.5, 0.6) is 11.5 Å². The van der Waals surface area contributed by atoms with Crippen molar-refractivity contribution in [2.24, 2.45) is 11.5 Å². The normalized spacial score (nSPS) is 11.8. The number of benzene rings is 1. The summed E-state index contributed by atoms with van der Waals surface area (Å²) in [6, 6.07) is 3.70. The van der Waals surface area contributed by atoms with Gasteiger partial charge in [0.2, 0.25) is 0 Å². The van der Waals surface area contributed by atoms with Crippen molar-refractivity contribution in [3.8, 4) is 11.5 Å². The molecular formula is C17H26N2O5. The molecule has 0 spiro atoms. The molecule has 0 aromatic heterocycles. The fraction of sp³-hybridized carbons (Fsp3) is 0.529. The molecule has 5 N–H and O–H groups in total. The summed E-state index contributed by atoms with van der Waals surface area (Å²) in [6.45, 7) is 2.74. The summed E-state index contributed by atoms with van der Waals surface area (Å²) < 4.78 is 10.2. The maximum atomic E-state index is 11.8. The number of hydrogen-bond donors (Lipinski definition) is 3. The van der Waals surface area contributed by atoms with Crippen molar-refractivity contribution in [3.63, 3.8) is 0 Å². The molecule has 7 nitrogen and oxygen atoms in total. The van der Waals surface area contributed by atoms with E-state index < -0.39 is 18.0 Å². The van der Waals surface area contributed by atoms with Crippen LogP contribution >= 0.6 is 0 Å². The van der Waals surface area contributed by atoms with Gasteiger partial charge in [-0.05, 0) is 43.5 Å². The summed E-state index contributed by atoms with van der Waals surface area (Å²) in [5.41, 5.74) is 11.8. The zero-order valence-electron chi connectivity index (χ0n) is 14.0. The van der Waals surface area contributed by atoms with Gasteiger partial charge < -0.3 is 26.0 Å². The second-order valence-electron chi connectivity index (χ2n) is 5.50. The lowest BCUT2D eigenvalue weighted by atomic mass is 10.1. The van der Waals surface area contributed by atoms with Gasteiger partial charge in [0.15, 0.2) is 11.5 Å². The zero-order valence-corrected chi connectivity index (χ0v) is 14.0. The third-order valence-corrected chi connectivity index (χ3v) is 3.33. The molecule has 0 aliphatic rings. The van der Waals surface area contributed by atoms with Gasteiger partial charge in [-0.25, -0.2) is 0 Å². The van der Waals surface area contributed by atoms with E-state index in [1.165, 1.54) is 12.1 Å². The fourth-order valence-electron chi connectivity index (χ4n) is 1.95. The highest BCUT2D eigenvalue weighted by Crippen LogP contribution is 2.27. The molecule has 134 valence electrons. The Morgan fingerprint density at radius 1 is 1.29 bits per heavy atom. The number of phenolic OH excluding ortho intramolecular Hbond substituents is 1. The molecule has 0 heterocycles. The van der Waals surface area contributed by atoms with Crippen molar-refractivity contribution in [1.82, 2.24) is 0 Å². The number of hydrogen-bond acceptors (Lipinski definition) is 7. The van der Waals surface area contributed by atoms with Crippen LogP contribution in [0.1, 0.15) is 38.2 Å². The lowest BCUT2D eigenvalue weighted by molar-refractivity contribution is -0.145. The number of unbranched alkanes of at least 4 members (excludes halogenated alkanes) is 1. The Balaban J connectivity index is 2.64. The summed E-state index contributed by atoms with van der Waals surface area (Å²) >= 11 is 0. The van der Waals surface area contributed by atoms with E-state index in [9.17, 15) is 14.7 Å². The second-order valence-corrected chi connectivity index (χ2v) is 5.50. The molecule has 0 saturated heterocycles. The highest BCUT2D eigenvalue weighted by molar-refractivity contribution is 5.76. The van der Waals surface area contributed by atoms with Crippen molar-refractivity contribution in [3.05, 3.63) is 23.8 Å². The molecule has 0 fully saturated rings. The average molecular weight is 338 g/mol. The van der Waals surface area contributed by atoms with Crippen LogP contribution in [0.25, 0.3) is 0 Å². The van der Waals surface area contributed by atoms with Crippen LogP contribution in [0.2, 0.25) is 0 Å². The van der Waals surface area contributed by atoms with Gasteiger partial charge in [-0.15, -0.1) is 0 Å². The molecule has 0 radical (unpaired) electrons. The van der Waals surface area contributed by atoms with Gasteiger partial charge >= 0.3 is 11.9 Å². The number of nitrogens with two attached hydrogens (primary N) is 2.